The molecule has 9 heteroatoms. The zero-order valence-electron chi connectivity index (χ0n) is 14.6. The number of nitrogens with one attached hydrogen (secondary N) is 1. The van der Waals surface area contributed by atoms with E-state index in [-0.39, 0.29) is 0 Å². The van der Waals surface area contributed by atoms with Crippen LogP contribution in [0.2, 0.25) is 0 Å². The van der Waals surface area contributed by atoms with Crippen LogP contribution in [0.25, 0.3) is 22.2 Å². The number of hydrogen-bond acceptors (Lipinski definition) is 8. The van der Waals surface area contributed by atoms with Gasteiger partial charge in [0, 0.05) is 11.8 Å². The fraction of sp³-hybridized carbons (Fsp3) is 0.167. The molecule has 138 valence electrons. The number of thioether (sulfide) groups is 1. The third kappa shape index (κ3) is 3.83. The van der Waals surface area contributed by atoms with Gasteiger partial charge < -0.3 is 13.9 Å². The predicted octanol–water partition coefficient (Wildman–Crippen LogP) is 4.50. The highest BCUT2D eigenvalue weighted by Gasteiger charge is 2.14. The standard InChI is InChI=1S/C18H16N4O3S2/c1-23-12-5-6-13(14(8-12)24-2)16-20-18(22-21-16)27-10-11-9-25-17(19-11)15-4-3-7-26-15/h3-9H,10H2,1-2H3,(H,20,21,22). The lowest BCUT2D eigenvalue weighted by molar-refractivity contribution is 0.395. The zero-order valence-corrected chi connectivity index (χ0v) is 16.3. The lowest BCUT2D eigenvalue weighted by Crippen LogP contribution is -1.91. The van der Waals surface area contributed by atoms with Crippen LogP contribution in [0.15, 0.2) is 51.5 Å². The Kier molecular flexibility index (Phi) is 5.12. The van der Waals surface area contributed by atoms with Crippen LogP contribution in [0.4, 0.5) is 0 Å². The molecule has 0 saturated carbocycles. The summed E-state index contributed by atoms with van der Waals surface area (Å²) in [6.45, 7) is 0. The summed E-state index contributed by atoms with van der Waals surface area (Å²) >= 11 is 3.08. The lowest BCUT2D eigenvalue weighted by atomic mass is 10.2. The van der Waals surface area contributed by atoms with Crippen LogP contribution in [0.5, 0.6) is 11.5 Å². The molecule has 27 heavy (non-hydrogen) atoms. The fourth-order valence-electron chi connectivity index (χ4n) is 2.45. The quantitative estimate of drug-likeness (QED) is 0.457. The number of nitrogens with zero attached hydrogens (tertiary/aromatic N) is 3. The SMILES string of the molecule is COc1ccc(-c2nc(SCc3coc(-c4cccs4)n3)n[nH]2)c(OC)c1. The van der Waals surface area contributed by atoms with Gasteiger partial charge in [0.1, 0.15) is 17.8 Å². The van der Waals surface area contributed by atoms with Crippen molar-refractivity contribution in [3.8, 4) is 33.7 Å². The predicted molar refractivity (Wildman–Crippen MR) is 104 cm³/mol. The molecule has 0 spiro atoms. The Morgan fingerprint density at radius 1 is 1.19 bits per heavy atom. The number of H-pyrrole nitrogens is 1. The molecule has 1 aromatic carbocycles. The highest BCUT2D eigenvalue weighted by atomic mass is 32.2. The van der Waals surface area contributed by atoms with Crippen LogP contribution in [0, 0.1) is 0 Å². The lowest BCUT2D eigenvalue weighted by Gasteiger charge is -2.07. The first-order valence-electron chi connectivity index (χ1n) is 8.02. The second kappa shape index (κ2) is 7.85. The molecule has 1 N–H and O–H groups in total. The molecule has 4 rings (SSSR count). The molecule has 7 nitrogen and oxygen atoms in total. The minimum Gasteiger partial charge on any atom is -0.497 e. The summed E-state index contributed by atoms with van der Waals surface area (Å²) in [6, 6.07) is 9.51. The molecule has 0 aliphatic heterocycles. The van der Waals surface area contributed by atoms with Gasteiger partial charge in [-0.15, -0.1) is 16.4 Å². The summed E-state index contributed by atoms with van der Waals surface area (Å²) < 4.78 is 16.2. The first kappa shape index (κ1) is 17.6. The second-order valence-corrected chi connectivity index (χ2v) is 7.33. The molecule has 0 fully saturated rings. The summed E-state index contributed by atoms with van der Waals surface area (Å²) in [5.74, 6) is 3.28. The Morgan fingerprint density at radius 3 is 2.89 bits per heavy atom. The minimum atomic E-state index is 0.617. The molecular weight excluding hydrogens is 384 g/mol. The number of aromatic nitrogens is 4. The maximum Gasteiger partial charge on any atom is 0.236 e. The van der Waals surface area contributed by atoms with Gasteiger partial charge in [0.25, 0.3) is 0 Å². The number of methoxy groups -OCH3 is 2. The van der Waals surface area contributed by atoms with Crippen molar-refractivity contribution in [2.24, 2.45) is 0 Å². The zero-order chi connectivity index (χ0) is 18.6. The number of benzene rings is 1. The number of ether oxygens (including phenoxy) is 2. The highest BCUT2D eigenvalue weighted by molar-refractivity contribution is 7.98. The smallest absolute Gasteiger partial charge is 0.236 e. The Balaban J connectivity index is 1.46. The fourth-order valence-corrected chi connectivity index (χ4v) is 3.78. The van der Waals surface area contributed by atoms with Crippen molar-refractivity contribution in [1.29, 1.82) is 0 Å². The van der Waals surface area contributed by atoms with Crippen molar-refractivity contribution in [3.05, 3.63) is 47.7 Å². The van der Waals surface area contributed by atoms with Crippen molar-refractivity contribution in [2.75, 3.05) is 14.2 Å². The Bertz CT molecular complexity index is 1030. The molecule has 0 unspecified atom stereocenters. The van der Waals surface area contributed by atoms with Crippen molar-refractivity contribution in [3.63, 3.8) is 0 Å². The normalized spacial score (nSPS) is 10.9. The molecule has 0 atom stereocenters. The average molecular weight is 400 g/mol. The molecule has 0 saturated heterocycles. The second-order valence-electron chi connectivity index (χ2n) is 5.44. The molecule has 0 radical (unpaired) electrons. The molecule has 0 amide bonds. The van der Waals surface area contributed by atoms with E-state index in [0.717, 1.165) is 21.9 Å². The van der Waals surface area contributed by atoms with Crippen LogP contribution in [0.3, 0.4) is 0 Å². The van der Waals surface area contributed by atoms with Gasteiger partial charge in [-0.3, -0.25) is 5.10 Å². The van der Waals surface area contributed by atoms with E-state index in [0.29, 0.717) is 28.4 Å². The van der Waals surface area contributed by atoms with Crippen LogP contribution in [-0.4, -0.2) is 34.4 Å². The Labute approximate surface area is 163 Å². The maximum atomic E-state index is 5.53. The number of rotatable bonds is 7. The van der Waals surface area contributed by atoms with Crippen LogP contribution < -0.4 is 9.47 Å². The molecule has 3 heterocycles. The van der Waals surface area contributed by atoms with E-state index in [1.807, 2.05) is 35.7 Å². The topological polar surface area (TPSA) is 86.1 Å². The van der Waals surface area contributed by atoms with E-state index < -0.39 is 0 Å². The summed E-state index contributed by atoms with van der Waals surface area (Å²) in [5, 5.41) is 9.84. The van der Waals surface area contributed by atoms with Crippen molar-refractivity contribution in [1.82, 2.24) is 20.2 Å². The summed E-state index contributed by atoms with van der Waals surface area (Å²) in [4.78, 5) is 10.1. The van der Waals surface area contributed by atoms with Gasteiger partial charge in [0.15, 0.2) is 5.82 Å². The molecule has 4 aromatic rings. The van der Waals surface area contributed by atoms with E-state index in [1.54, 1.807) is 31.8 Å². The monoisotopic (exact) mass is 400 g/mol. The number of oxazole rings is 1. The van der Waals surface area contributed by atoms with E-state index in [1.165, 1.54) is 11.8 Å². The Morgan fingerprint density at radius 2 is 2.11 bits per heavy atom. The molecular formula is C18H16N4O3S2. The average Bonchev–Trinajstić information content (AvgIpc) is 3.47. The van der Waals surface area contributed by atoms with E-state index in [4.69, 9.17) is 13.9 Å². The first-order valence-corrected chi connectivity index (χ1v) is 9.89. The van der Waals surface area contributed by atoms with Crippen LogP contribution in [0.1, 0.15) is 5.69 Å². The molecule has 0 bridgehead atoms. The third-order valence-corrected chi connectivity index (χ3v) is 5.50. The van der Waals surface area contributed by atoms with Gasteiger partial charge in [-0.1, -0.05) is 17.8 Å². The van der Waals surface area contributed by atoms with Gasteiger partial charge in [0.05, 0.1) is 30.4 Å². The highest BCUT2D eigenvalue weighted by Crippen LogP contribution is 2.32. The van der Waals surface area contributed by atoms with Gasteiger partial charge in [0.2, 0.25) is 11.0 Å². The number of thiophene rings is 1. The molecule has 0 aliphatic rings. The van der Waals surface area contributed by atoms with Crippen LogP contribution >= 0.6 is 23.1 Å². The van der Waals surface area contributed by atoms with Crippen molar-refractivity contribution in [2.45, 2.75) is 10.9 Å². The molecule has 3 aromatic heterocycles. The first-order chi connectivity index (χ1) is 13.3. The third-order valence-electron chi connectivity index (χ3n) is 3.76. The van der Waals surface area contributed by atoms with Crippen molar-refractivity contribution < 1.29 is 13.9 Å². The van der Waals surface area contributed by atoms with Crippen molar-refractivity contribution >= 4 is 23.1 Å². The largest absolute Gasteiger partial charge is 0.497 e. The van der Waals surface area contributed by atoms with Gasteiger partial charge >= 0.3 is 0 Å². The van der Waals surface area contributed by atoms with Gasteiger partial charge in [-0.2, -0.15) is 0 Å². The van der Waals surface area contributed by atoms with Gasteiger partial charge in [-0.25, -0.2) is 9.97 Å². The maximum absolute atomic E-state index is 5.53. The van der Waals surface area contributed by atoms with E-state index in [2.05, 4.69) is 20.2 Å². The number of aromatic amines is 1. The summed E-state index contributed by atoms with van der Waals surface area (Å²) in [7, 11) is 3.23. The van der Waals surface area contributed by atoms with Crippen LogP contribution in [-0.2, 0) is 5.75 Å². The molecule has 0 aliphatic carbocycles. The Hall–Kier alpha value is -2.78. The van der Waals surface area contributed by atoms with E-state index in [9.17, 15) is 0 Å². The minimum absolute atomic E-state index is 0.617. The summed E-state index contributed by atoms with van der Waals surface area (Å²) in [5.41, 5.74) is 1.66. The summed E-state index contributed by atoms with van der Waals surface area (Å²) in [6.07, 6.45) is 1.67. The van der Waals surface area contributed by atoms with Gasteiger partial charge in [-0.05, 0) is 23.6 Å². The van der Waals surface area contributed by atoms with E-state index >= 15 is 0 Å². The number of hydrogen-bond donors (Lipinski definition) is 1.